The molecule has 0 bridgehead atoms. The van der Waals surface area contributed by atoms with E-state index in [1.807, 2.05) is 55.7 Å². The quantitative estimate of drug-likeness (QED) is 0.528. The monoisotopic (exact) mass is 463 g/mol. The molecule has 1 atom stereocenters. The van der Waals surface area contributed by atoms with Gasteiger partial charge in [0, 0.05) is 23.9 Å². The van der Waals surface area contributed by atoms with E-state index in [0.29, 0.717) is 30.1 Å². The summed E-state index contributed by atoms with van der Waals surface area (Å²) in [5, 5.41) is 3.30. The topological polar surface area (TPSA) is 76.7 Å². The number of carbonyl (C=O) groups is 2. The number of carbonyl (C=O) groups excluding carboxylic acids is 2. The predicted octanol–water partition coefficient (Wildman–Crippen LogP) is 5.20. The fourth-order valence-electron chi connectivity index (χ4n) is 5.43. The molecule has 2 aliphatic rings. The van der Waals surface area contributed by atoms with Crippen LogP contribution < -0.4 is 15.0 Å². The molecule has 180 valence electrons. The Bertz CT molecular complexity index is 1200. The minimum absolute atomic E-state index is 0.116. The number of aryl methyl sites for hydroxylation is 1. The predicted molar refractivity (Wildman–Crippen MR) is 131 cm³/mol. The van der Waals surface area contributed by atoms with Gasteiger partial charge in [0.15, 0.2) is 5.58 Å². The van der Waals surface area contributed by atoms with Gasteiger partial charge in [0.2, 0.25) is 5.91 Å². The summed E-state index contributed by atoms with van der Waals surface area (Å²) in [7, 11) is 0. The average Bonchev–Trinajstić information content (AvgIpc) is 3.20. The molecule has 1 N–H and O–H groups in total. The molecule has 0 radical (unpaired) electrons. The average molecular weight is 464 g/mol. The lowest BCUT2D eigenvalue weighted by Gasteiger charge is -2.44. The van der Waals surface area contributed by atoms with Gasteiger partial charge in [-0.25, -0.2) is 0 Å². The number of benzene rings is 1. The molecule has 1 aliphatic heterocycles. The highest BCUT2D eigenvalue weighted by molar-refractivity contribution is 6.13. The van der Waals surface area contributed by atoms with Gasteiger partial charge in [-0.2, -0.15) is 0 Å². The first-order chi connectivity index (χ1) is 16.4. The van der Waals surface area contributed by atoms with E-state index in [0.717, 1.165) is 42.7 Å². The highest BCUT2D eigenvalue weighted by Crippen LogP contribution is 2.37. The van der Waals surface area contributed by atoms with E-state index in [4.69, 9.17) is 9.15 Å². The van der Waals surface area contributed by atoms with Crippen molar-refractivity contribution in [3.63, 3.8) is 0 Å². The largest absolute Gasteiger partial charge is 0.494 e. The third-order valence-electron chi connectivity index (χ3n) is 7.18. The number of anilines is 1. The molecule has 7 heteroatoms. The van der Waals surface area contributed by atoms with Crippen molar-refractivity contribution < 1.29 is 18.7 Å². The number of rotatable bonds is 5. The van der Waals surface area contributed by atoms with Crippen molar-refractivity contribution in [1.82, 2.24) is 9.88 Å². The molecule has 1 fully saturated rings. The van der Waals surface area contributed by atoms with Crippen LogP contribution in [0.1, 0.15) is 68.6 Å². The van der Waals surface area contributed by atoms with Gasteiger partial charge in [-0.05, 0) is 57.9 Å². The van der Waals surface area contributed by atoms with Crippen molar-refractivity contribution >= 4 is 28.6 Å². The molecule has 3 aromatic rings. The van der Waals surface area contributed by atoms with E-state index in [1.54, 1.807) is 11.0 Å². The Morgan fingerprint density at radius 3 is 2.53 bits per heavy atom. The van der Waals surface area contributed by atoms with Gasteiger partial charge in [-0.1, -0.05) is 25.7 Å². The van der Waals surface area contributed by atoms with Gasteiger partial charge in [0.1, 0.15) is 22.7 Å². The van der Waals surface area contributed by atoms with E-state index >= 15 is 0 Å². The van der Waals surface area contributed by atoms with E-state index in [1.165, 1.54) is 12.8 Å². The first kappa shape index (κ1) is 22.6. The molecule has 0 spiro atoms. The van der Waals surface area contributed by atoms with E-state index in [9.17, 15) is 9.59 Å². The Balaban J connectivity index is 1.56. The molecular formula is C27H33N3O4. The van der Waals surface area contributed by atoms with Crippen molar-refractivity contribution in [2.45, 2.75) is 77.4 Å². The van der Waals surface area contributed by atoms with Crippen molar-refractivity contribution in [2.75, 3.05) is 11.5 Å². The summed E-state index contributed by atoms with van der Waals surface area (Å²) in [6.07, 6.45) is 6.65. The van der Waals surface area contributed by atoms with Gasteiger partial charge in [0.25, 0.3) is 5.91 Å². The lowest BCUT2D eigenvalue weighted by atomic mass is 9.92. The zero-order valence-electron chi connectivity index (χ0n) is 20.2. The van der Waals surface area contributed by atoms with Gasteiger partial charge in [-0.15, -0.1) is 0 Å². The number of fused-ring (bicyclic) bond motifs is 3. The lowest BCUT2D eigenvalue weighted by molar-refractivity contribution is -0.127. The van der Waals surface area contributed by atoms with Crippen molar-refractivity contribution in [3.05, 3.63) is 47.9 Å². The summed E-state index contributed by atoms with van der Waals surface area (Å²) in [4.78, 5) is 29.5. The third kappa shape index (κ3) is 3.87. The summed E-state index contributed by atoms with van der Waals surface area (Å²) in [5.74, 6) is 1.19. The summed E-state index contributed by atoms with van der Waals surface area (Å²) in [5.41, 5.74) is 1.62. The zero-order valence-corrected chi connectivity index (χ0v) is 20.2. The number of aromatic nitrogens is 1. The van der Waals surface area contributed by atoms with Gasteiger partial charge in [0.05, 0.1) is 18.7 Å². The molecule has 5 rings (SSSR count). The zero-order chi connectivity index (χ0) is 23.9. The summed E-state index contributed by atoms with van der Waals surface area (Å²) >= 11 is 0. The third-order valence-corrected chi connectivity index (χ3v) is 7.18. The smallest absolute Gasteiger partial charge is 0.276 e. The Hall–Kier alpha value is -3.22. The SMILES string of the molecule is CCOc1ccc(N2C(=O)c3cc4oc(C)cc4n3C[C@]2(C)C(=O)NC2CCCCCC2)cc1. The Kier molecular flexibility index (Phi) is 5.88. The number of hydrogen-bond acceptors (Lipinski definition) is 4. The summed E-state index contributed by atoms with van der Waals surface area (Å²) < 4.78 is 13.3. The standard InChI is InChI=1S/C27H33N3O4/c1-4-33-21-13-11-20(12-14-21)30-25(31)23-16-24-22(15-18(2)34-24)29(23)17-27(30,3)26(32)28-19-9-7-5-6-8-10-19/h11-16,19H,4-10,17H2,1-3H3,(H,28,32)/t27-/m1/s1. The minimum Gasteiger partial charge on any atom is -0.494 e. The van der Waals surface area contributed by atoms with Crippen LogP contribution in [0, 0.1) is 6.92 Å². The summed E-state index contributed by atoms with van der Waals surface area (Å²) in [6.45, 7) is 6.61. The van der Waals surface area contributed by atoms with Crippen LogP contribution in [0.2, 0.25) is 0 Å². The molecule has 1 saturated carbocycles. The van der Waals surface area contributed by atoms with Crippen LogP contribution in [0.3, 0.4) is 0 Å². The van der Waals surface area contributed by atoms with Crippen molar-refractivity contribution in [1.29, 1.82) is 0 Å². The number of ether oxygens (including phenoxy) is 1. The van der Waals surface area contributed by atoms with Gasteiger partial charge < -0.3 is 19.0 Å². The Morgan fingerprint density at radius 1 is 1.15 bits per heavy atom. The molecule has 2 aromatic heterocycles. The second-order valence-corrected chi connectivity index (χ2v) is 9.73. The van der Waals surface area contributed by atoms with Crippen LogP contribution >= 0.6 is 0 Å². The van der Waals surface area contributed by atoms with Crippen molar-refractivity contribution in [3.8, 4) is 5.75 Å². The van der Waals surface area contributed by atoms with Crippen LogP contribution in [0.4, 0.5) is 5.69 Å². The molecule has 1 aliphatic carbocycles. The highest BCUT2D eigenvalue weighted by atomic mass is 16.5. The van der Waals surface area contributed by atoms with Crippen LogP contribution in [0.15, 0.2) is 40.8 Å². The first-order valence-corrected chi connectivity index (χ1v) is 12.4. The maximum atomic E-state index is 13.9. The van der Waals surface area contributed by atoms with Crippen LogP contribution in [0.5, 0.6) is 5.75 Å². The molecule has 0 unspecified atom stereocenters. The van der Waals surface area contributed by atoms with Crippen molar-refractivity contribution in [2.24, 2.45) is 0 Å². The first-order valence-electron chi connectivity index (χ1n) is 12.4. The number of nitrogens with one attached hydrogen (secondary N) is 1. The maximum absolute atomic E-state index is 13.9. The number of nitrogens with zero attached hydrogens (tertiary/aromatic N) is 2. The normalized spacial score (nSPS) is 21.4. The van der Waals surface area contributed by atoms with Crippen LogP contribution in [-0.4, -0.2) is 34.6 Å². The molecule has 3 heterocycles. The van der Waals surface area contributed by atoms with E-state index in [-0.39, 0.29) is 17.9 Å². The second kappa shape index (κ2) is 8.85. The molecule has 0 saturated heterocycles. The Morgan fingerprint density at radius 2 is 1.85 bits per heavy atom. The Labute approximate surface area is 200 Å². The summed E-state index contributed by atoms with van der Waals surface area (Å²) in [6, 6.07) is 11.3. The molecule has 34 heavy (non-hydrogen) atoms. The van der Waals surface area contributed by atoms with Gasteiger partial charge in [-0.3, -0.25) is 14.5 Å². The number of furan rings is 1. The number of hydrogen-bond donors (Lipinski definition) is 1. The minimum atomic E-state index is -1.10. The van der Waals surface area contributed by atoms with E-state index in [2.05, 4.69) is 5.32 Å². The van der Waals surface area contributed by atoms with E-state index < -0.39 is 5.54 Å². The second-order valence-electron chi connectivity index (χ2n) is 9.73. The lowest BCUT2D eigenvalue weighted by Crippen LogP contribution is -2.65. The molecule has 1 aromatic carbocycles. The fourth-order valence-corrected chi connectivity index (χ4v) is 5.43. The molecular weight excluding hydrogens is 430 g/mol. The molecule has 7 nitrogen and oxygen atoms in total. The van der Waals surface area contributed by atoms with Gasteiger partial charge >= 0.3 is 0 Å². The fraction of sp³-hybridized carbons (Fsp3) is 0.481. The van der Waals surface area contributed by atoms with Crippen LogP contribution in [0.25, 0.3) is 11.1 Å². The molecule has 2 amide bonds. The maximum Gasteiger partial charge on any atom is 0.276 e. The number of amides is 2. The van der Waals surface area contributed by atoms with Crippen LogP contribution in [-0.2, 0) is 11.3 Å². The highest BCUT2D eigenvalue weighted by Gasteiger charge is 2.49.